The first-order chi connectivity index (χ1) is 18.3. The Morgan fingerprint density at radius 1 is 1.10 bits per heavy atom. The molecule has 0 amide bonds. The number of nitrogens with one attached hydrogen (secondary N) is 2. The summed E-state index contributed by atoms with van der Waals surface area (Å²) in [5, 5.41) is 20.4. The van der Waals surface area contributed by atoms with Gasteiger partial charge in [0, 0.05) is 29.9 Å². The normalized spacial score (nSPS) is 33.5. The average molecular weight is 574 g/mol. The molecule has 2 aromatic rings. The molecule has 0 saturated carbocycles. The van der Waals surface area contributed by atoms with Crippen molar-refractivity contribution < 1.29 is 42.9 Å². The third-order valence-corrected chi connectivity index (χ3v) is 7.94. The number of aromatic amines is 2. The number of nitrogens with zero attached hydrogens (tertiary/aromatic N) is 2. The van der Waals surface area contributed by atoms with Crippen molar-refractivity contribution in [2.45, 2.75) is 62.7 Å². The third kappa shape index (κ3) is 5.01. The van der Waals surface area contributed by atoms with Crippen LogP contribution in [-0.4, -0.2) is 84.0 Å². The molecule has 5 heterocycles. The van der Waals surface area contributed by atoms with Crippen LogP contribution in [0.15, 0.2) is 31.6 Å². The number of hydrogen-bond acceptors (Lipinski definition) is 12. The molecule has 39 heavy (non-hydrogen) atoms. The zero-order chi connectivity index (χ0) is 28.3. The lowest BCUT2D eigenvalue weighted by Gasteiger charge is -2.30. The number of hydrogen-bond donors (Lipinski definition) is 5. The van der Waals surface area contributed by atoms with Crippen LogP contribution >= 0.6 is 7.82 Å². The Labute approximate surface area is 218 Å². The highest BCUT2D eigenvalue weighted by Gasteiger charge is 2.64. The van der Waals surface area contributed by atoms with Gasteiger partial charge < -0.3 is 29.3 Å². The average Bonchev–Trinajstić information content (AvgIpc) is 3.51. The molecule has 0 aromatic carbocycles. The Hall–Kier alpha value is -2.73. The molecule has 0 aliphatic carbocycles. The molecule has 17 nitrogen and oxygen atoms in total. The van der Waals surface area contributed by atoms with Crippen molar-refractivity contribution >= 4 is 7.82 Å². The molecule has 8 atom stereocenters. The molecule has 3 aliphatic rings. The predicted octanol–water partition coefficient (Wildman–Crippen LogP) is -2.49. The van der Waals surface area contributed by atoms with Crippen LogP contribution in [0.5, 0.6) is 0 Å². The number of aromatic nitrogens is 4. The monoisotopic (exact) mass is 574 g/mol. The Bertz CT molecular complexity index is 1550. The quantitative estimate of drug-likeness (QED) is 0.206. The molecular weight excluding hydrogens is 547 g/mol. The fourth-order valence-corrected chi connectivity index (χ4v) is 5.84. The summed E-state index contributed by atoms with van der Waals surface area (Å²) >= 11 is 0. The molecule has 3 fully saturated rings. The van der Waals surface area contributed by atoms with Crippen molar-refractivity contribution in [3.8, 4) is 0 Å². The van der Waals surface area contributed by atoms with Gasteiger partial charge in [-0.05, 0) is 13.8 Å². The van der Waals surface area contributed by atoms with Crippen molar-refractivity contribution in [3.63, 3.8) is 0 Å². The lowest BCUT2D eigenvalue weighted by Crippen LogP contribution is -2.45. The highest BCUT2D eigenvalue weighted by molar-refractivity contribution is 7.47. The van der Waals surface area contributed by atoms with E-state index < -0.39 is 86.0 Å². The van der Waals surface area contributed by atoms with Crippen molar-refractivity contribution in [3.05, 3.63) is 65.2 Å². The first kappa shape index (κ1) is 27.8. The van der Waals surface area contributed by atoms with Crippen LogP contribution in [0.4, 0.5) is 0 Å². The van der Waals surface area contributed by atoms with E-state index in [4.69, 9.17) is 23.3 Å². The van der Waals surface area contributed by atoms with Crippen molar-refractivity contribution in [2.24, 2.45) is 0 Å². The number of phosphoric ester groups is 1. The summed E-state index contributed by atoms with van der Waals surface area (Å²) < 4.78 is 42.5. The summed E-state index contributed by atoms with van der Waals surface area (Å²) in [6.07, 6.45) is -4.52. The highest BCUT2D eigenvalue weighted by atomic mass is 31.2. The maximum atomic E-state index is 12.9. The van der Waals surface area contributed by atoms with E-state index in [1.54, 1.807) is 0 Å². The zero-order valence-corrected chi connectivity index (χ0v) is 21.6. The van der Waals surface area contributed by atoms with E-state index >= 15 is 0 Å². The minimum atomic E-state index is -4.90. The SMILES string of the molecule is Cc1cn([C@@H]2O[C@@]3(CO)COC2[C@@H]3OP(=O)(O)OC[C@H]2O[C@@H](n3cc(C)c(=O)[nH]c3=O)C[C@@H]2O)c(=O)[nH]c1=O. The van der Waals surface area contributed by atoms with Crippen LogP contribution in [-0.2, 0) is 27.8 Å². The fraction of sp³-hybridized carbons (Fsp3) is 0.619. The van der Waals surface area contributed by atoms with Gasteiger partial charge in [-0.15, -0.1) is 0 Å². The molecule has 3 saturated heterocycles. The number of rotatable bonds is 8. The number of aryl methyl sites for hydroxylation is 2. The Morgan fingerprint density at radius 2 is 1.72 bits per heavy atom. The van der Waals surface area contributed by atoms with E-state index in [1.165, 1.54) is 26.2 Å². The van der Waals surface area contributed by atoms with Gasteiger partial charge in [-0.25, -0.2) is 14.2 Å². The summed E-state index contributed by atoms with van der Waals surface area (Å²) in [6.45, 7) is 1.43. The first-order valence-corrected chi connectivity index (χ1v) is 13.4. The van der Waals surface area contributed by atoms with Crippen molar-refractivity contribution in [2.75, 3.05) is 19.8 Å². The second-order valence-electron chi connectivity index (χ2n) is 9.69. The molecule has 2 bridgehead atoms. The summed E-state index contributed by atoms with van der Waals surface area (Å²) in [6, 6.07) is 0. The number of aliphatic hydroxyl groups is 2. The molecule has 2 unspecified atom stereocenters. The van der Waals surface area contributed by atoms with Gasteiger partial charge in [0.2, 0.25) is 0 Å². The summed E-state index contributed by atoms with van der Waals surface area (Å²) in [5.41, 5.74) is -3.91. The largest absolute Gasteiger partial charge is 0.472 e. The molecular formula is C21H27N4O13P. The molecule has 0 spiro atoms. The van der Waals surface area contributed by atoms with Crippen molar-refractivity contribution in [1.82, 2.24) is 19.1 Å². The Kier molecular flexibility index (Phi) is 7.15. The third-order valence-electron chi connectivity index (χ3n) is 6.97. The maximum absolute atomic E-state index is 12.9. The smallest absolute Gasteiger partial charge is 0.393 e. The van der Waals surface area contributed by atoms with E-state index in [0.717, 1.165) is 9.13 Å². The van der Waals surface area contributed by atoms with E-state index in [0.29, 0.717) is 0 Å². The van der Waals surface area contributed by atoms with E-state index in [2.05, 4.69) is 9.97 Å². The molecule has 3 aliphatic heterocycles. The zero-order valence-electron chi connectivity index (χ0n) is 20.7. The van der Waals surface area contributed by atoms with Crippen LogP contribution in [0.25, 0.3) is 0 Å². The van der Waals surface area contributed by atoms with E-state index in [-0.39, 0.29) is 24.2 Å². The highest BCUT2D eigenvalue weighted by Crippen LogP contribution is 2.54. The Balaban J connectivity index is 1.28. The number of fused-ring (bicyclic) bond motifs is 2. The van der Waals surface area contributed by atoms with E-state index in [9.17, 15) is 38.8 Å². The van der Waals surface area contributed by atoms with Gasteiger partial charge in [-0.1, -0.05) is 0 Å². The van der Waals surface area contributed by atoms with Gasteiger partial charge in [0.25, 0.3) is 11.1 Å². The maximum Gasteiger partial charge on any atom is 0.472 e. The summed E-state index contributed by atoms with van der Waals surface area (Å²) in [5.74, 6) is 0. The number of ether oxygens (including phenoxy) is 3. The van der Waals surface area contributed by atoms with Gasteiger partial charge in [0.05, 0.1) is 25.9 Å². The van der Waals surface area contributed by atoms with Gasteiger partial charge in [-0.2, -0.15) is 0 Å². The summed E-state index contributed by atoms with van der Waals surface area (Å²) in [4.78, 5) is 62.6. The molecule has 5 rings (SSSR count). The van der Waals surface area contributed by atoms with Crippen LogP contribution in [0.1, 0.15) is 30.0 Å². The van der Waals surface area contributed by atoms with Gasteiger partial charge in [-0.3, -0.25) is 37.7 Å². The minimum absolute atomic E-state index is 0.0645. The summed E-state index contributed by atoms with van der Waals surface area (Å²) in [7, 11) is -4.90. The second kappa shape index (κ2) is 10.0. The first-order valence-electron chi connectivity index (χ1n) is 11.9. The standard InChI is InChI=1S/C21H27N4O13P/c1-9-4-24(19(30)22-16(9)28)13-3-11(27)12(36-13)6-35-39(32,33)38-15-14-18(37-21(15,7-26)8-34-14)25-5-10(2)17(29)23-20(25)31/h4-5,11-15,18,26-27H,3,6-8H2,1-2H3,(H,32,33)(H,22,28,30)(H,23,29,31)/t11-,12+,13+,14?,15-,18+,21-/m0/s1. The van der Waals surface area contributed by atoms with Crippen molar-refractivity contribution in [1.29, 1.82) is 0 Å². The van der Waals surface area contributed by atoms with Crippen LogP contribution < -0.4 is 22.5 Å². The molecule has 18 heteroatoms. The molecule has 214 valence electrons. The van der Waals surface area contributed by atoms with Gasteiger partial charge in [0.15, 0.2) is 6.23 Å². The number of H-pyrrole nitrogens is 2. The Morgan fingerprint density at radius 3 is 2.36 bits per heavy atom. The lowest BCUT2D eigenvalue weighted by atomic mass is 10.0. The van der Waals surface area contributed by atoms with Gasteiger partial charge in [0.1, 0.15) is 30.1 Å². The molecule has 5 N–H and O–H groups in total. The molecule has 0 radical (unpaired) electrons. The molecule has 2 aromatic heterocycles. The predicted molar refractivity (Wildman–Crippen MR) is 127 cm³/mol. The number of phosphoric acid groups is 1. The van der Waals surface area contributed by atoms with Crippen LogP contribution in [0.3, 0.4) is 0 Å². The lowest BCUT2D eigenvalue weighted by molar-refractivity contribution is -0.187. The fourth-order valence-electron chi connectivity index (χ4n) is 4.84. The van der Waals surface area contributed by atoms with Crippen LogP contribution in [0.2, 0.25) is 0 Å². The second-order valence-corrected chi connectivity index (χ2v) is 11.1. The van der Waals surface area contributed by atoms with Crippen LogP contribution in [0, 0.1) is 13.8 Å². The van der Waals surface area contributed by atoms with E-state index in [1.807, 2.05) is 0 Å². The number of aliphatic hydroxyl groups excluding tert-OH is 2. The topological polar surface area (TPSA) is 234 Å². The minimum Gasteiger partial charge on any atom is -0.393 e. The van der Waals surface area contributed by atoms with Gasteiger partial charge >= 0.3 is 19.2 Å².